The lowest BCUT2D eigenvalue weighted by molar-refractivity contribution is -0.133. The van der Waals surface area contributed by atoms with Crippen LogP contribution in [0.25, 0.3) is 0 Å². The molecular weight excluding hydrogens is 429 g/mol. The van der Waals surface area contributed by atoms with E-state index in [-0.39, 0.29) is 10.8 Å². The number of sulfonamides is 1. The molecule has 1 N–H and O–H groups in total. The van der Waals surface area contributed by atoms with Gasteiger partial charge in [-0.2, -0.15) is 16.5 Å². The number of halogens is 1. The smallest absolute Gasteiger partial charge is 0.241 e. The summed E-state index contributed by atoms with van der Waals surface area (Å²) in [6.07, 6.45) is 5.60. The highest BCUT2D eigenvalue weighted by Crippen LogP contribution is 2.15. The molecule has 0 unspecified atom stereocenters. The maximum Gasteiger partial charge on any atom is 0.241 e. The molecule has 0 spiro atoms. The molecule has 30 heavy (non-hydrogen) atoms. The Morgan fingerprint density at radius 2 is 1.80 bits per heavy atom. The fourth-order valence-corrected chi connectivity index (χ4v) is 4.83. The van der Waals surface area contributed by atoms with Gasteiger partial charge < -0.3 is 9.80 Å². The molecule has 1 atom stereocenters. The van der Waals surface area contributed by atoms with Crippen LogP contribution in [0, 0.1) is 5.82 Å². The van der Waals surface area contributed by atoms with Gasteiger partial charge >= 0.3 is 0 Å². The molecule has 0 saturated carbocycles. The van der Waals surface area contributed by atoms with Crippen molar-refractivity contribution in [3.63, 3.8) is 0 Å². The molecule has 2 aromatic rings. The summed E-state index contributed by atoms with van der Waals surface area (Å²) in [5.41, 5.74) is 0. The number of piperazine rings is 1. The van der Waals surface area contributed by atoms with Gasteiger partial charge in [-0.1, -0.05) is 0 Å². The number of hydrogen-bond acceptors (Lipinski definition) is 7. The Morgan fingerprint density at radius 3 is 2.40 bits per heavy atom. The number of hydrogen-bond donors (Lipinski definition) is 1. The van der Waals surface area contributed by atoms with Crippen molar-refractivity contribution in [2.24, 2.45) is 0 Å². The van der Waals surface area contributed by atoms with Crippen LogP contribution in [-0.2, 0) is 14.8 Å². The number of carbonyl (C=O) groups excluding carboxylic acids is 1. The SMILES string of the molecule is CSCC[C@H](NS(=O)(=O)c1ccc(F)cc1)C(=O)N1CCN(c2ncccn2)CC1. The highest BCUT2D eigenvalue weighted by Gasteiger charge is 2.31. The standard InChI is InChI=1S/C19H24FN5O3S2/c1-29-14-7-17(23-30(27,28)16-5-3-15(20)4-6-16)18(26)24-10-12-25(13-11-24)19-21-8-2-9-22-19/h2-6,8-9,17,23H,7,10-14H2,1H3/t17-/m0/s1. The van der Waals surface area contributed by atoms with Crippen molar-refractivity contribution in [3.05, 3.63) is 48.5 Å². The third-order valence-electron chi connectivity index (χ3n) is 4.76. The van der Waals surface area contributed by atoms with Crippen molar-refractivity contribution >= 4 is 33.6 Å². The molecule has 11 heteroatoms. The number of carbonyl (C=O) groups is 1. The van der Waals surface area contributed by atoms with E-state index in [1.807, 2.05) is 11.2 Å². The summed E-state index contributed by atoms with van der Waals surface area (Å²) in [4.78, 5) is 25.1. The van der Waals surface area contributed by atoms with Crippen LogP contribution in [-0.4, -0.2) is 73.4 Å². The van der Waals surface area contributed by atoms with Gasteiger partial charge in [-0.3, -0.25) is 4.79 Å². The van der Waals surface area contributed by atoms with Gasteiger partial charge in [0.15, 0.2) is 0 Å². The molecule has 1 amide bonds. The van der Waals surface area contributed by atoms with E-state index in [9.17, 15) is 17.6 Å². The zero-order chi connectivity index (χ0) is 21.6. The van der Waals surface area contributed by atoms with Gasteiger partial charge in [0.1, 0.15) is 11.9 Å². The first kappa shape index (κ1) is 22.4. The molecule has 162 valence electrons. The number of thioether (sulfide) groups is 1. The van der Waals surface area contributed by atoms with Crippen molar-refractivity contribution in [1.82, 2.24) is 19.6 Å². The Hall–Kier alpha value is -2.24. The highest BCUT2D eigenvalue weighted by atomic mass is 32.2. The number of aromatic nitrogens is 2. The fraction of sp³-hybridized carbons (Fsp3) is 0.421. The van der Waals surface area contributed by atoms with Crippen molar-refractivity contribution in [2.45, 2.75) is 17.4 Å². The van der Waals surface area contributed by atoms with Gasteiger partial charge in [0.2, 0.25) is 21.9 Å². The summed E-state index contributed by atoms with van der Waals surface area (Å²) < 4.78 is 41.1. The number of rotatable bonds is 8. The summed E-state index contributed by atoms with van der Waals surface area (Å²) in [5.74, 6) is 0.452. The summed E-state index contributed by atoms with van der Waals surface area (Å²) in [6, 6.07) is 5.40. The second-order valence-corrected chi connectivity index (χ2v) is 9.47. The van der Waals surface area contributed by atoms with Crippen LogP contribution in [0.5, 0.6) is 0 Å². The van der Waals surface area contributed by atoms with Crippen molar-refractivity contribution < 1.29 is 17.6 Å². The first-order chi connectivity index (χ1) is 14.4. The Balaban J connectivity index is 1.67. The van der Waals surface area contributed by atoms with E-state index in [1.165, 1.54) is 23.9 Å². The molecule has 1 fully saturated rings. The number of nitrogens with zero attached hydrogens (tertiary/aromatic N) is 4. The zero-order valence-electron chi connectivity index (χ0n) is 16.6. The Kier molecular flexibility index (Phi) is 7.62. The second-order valence-electron chi connectivity index (χ2n) is 6.77. The van der Waals surface area contributed by atoms with E-state index in [0.29, 0.717) is 44.3 Å². The van der Waals surface area contributed by atoms with Crippen LogP contribution >= 0.6 is 11.8 Å². The normalized spacial score (nSPS) is 15.8. The molecule has 0 bridgehead atoms. The monoisotopic (exact) mass is 453 g/mol. The molecule has 2 heterocycles. The minimum Gasteiger partial charge on any atom is -0.338 e. The van der Waals surface area contributed by atoms with Crippen LogP contribution in [0.1, 0.15) is 6.42 Å². The largest absolute Gasteiger partial charge is 0.338 e. The van der Waals surface area contributed by atoms with E-state index in [0.717, 1.165) is 12.1 Å². The summed E-state index contributed by atoms with van der Waals surface area (Å²) >= 11 is 1.54. The molecule has 1 aliphatic rings. The maximum atomic E-state index is 13.1. The van der Waals surface area contributed by atoms with E-state index in [2.05, 4.69) is 14.7 Å². The summed E-state index contributed by atoms with van der Waals surface area (Å²) in [7, 11) is -3.95. The summed E-state index contributed by atoms with van der Waals surface area (Å²) in [5, 5.41) is 0. The molecule has 1 aromatic carbocycles. The van der Waals surface area contributed by atoms with Gasteiger partial charge in [-0.25, -0.2) is 22.8 Å². The van der Waals surface area contributed by atoms with Gasteiger partial charge in [0.05, 0.1) is 4.90 Å². The first-order valence-electron chi connectivity index (χ1n) is 9.48. The van der Waals surface area contributed by atoms with Crippen molar-refractivity contribution in [2.75, 3.05) is 43.1 Å². The number of benzene rings is 1. The van der Waals surface area contributed by atoms with E-state index >= 15 is 0 Å². The van der Waals surface area contributed by atoms with E-state index in [4.69, 9.17) is 0 Å². The summed E-state index contributed by atoms with van der Waals surface area (Å²) in [6.45, 7) is 2.03. The average molecular weight is 454 g/mol. The number of amides is 1. The fourth-order valence-electron chi connectivity index (χ4n) is 3.14. The quantitative estimate of drug-likeness (QED) is 0.645. The Morgan fingerprint density at radius 1 is 1.17 bits per heavy atom. The lowest BCUT2D eigenvalue weighted by Gasteiger charge is -2.36. The molecule has 3 rings (SSSR count). The molecular formula is C19H24FN5O3S2. The van der Waals surface area contributed by atoms with E-state index in [1.54, 1.807) is 23.4 Å². The molecule has 1 aliphatic heterocycles. The predicted octanol–water partition coefficient (Wildman–Crippen LogP) is 1.36. The topological polar surface area (TPSA) is 95.5 Å². The highest BCUT2D eigenvalue weighted by molar-refractivity contribution is 7.98. The molecule has 8 nitrogen and oxygen atoms in total. The van der Waals surface area contributed by atoms with Gasteiger partial charge in [0.25, 0.3) is 0 Å². The average Bonchev–Trinajstić information content (AvgIpc) is 2.77. The third-order valence-corrected chi connectivity index (χ3v) is 6.89. The Labute approximate surface area is 179 Å². The second kappa shape index (κ2) is 10.2. The minimum atomic E-state index is -3.95. The number of nitrogens with one attached hydrogen (secondary N) is 1. The molecule has 0 aliphatic carbocycles. The van der Waals surface area contributed by atoms with Crippen molar-refractivity contribution in [3.8, 4) is 0 Å². The van der Waals surface area contributed by atoms with Crippen molar-refractivity contribution in [1.29, 1.82) is 0 Å². The predicted molar refractivity (Wildman–Crippen MR) is 114 cm³/mol. The lowest BCUT2D eigenvalue weighted by Crippen LogP contribution is -2.55. The zero-order valence-corrected chi connectivity index (χ0v) is 18.2. The van der Waals surface area contributed by atoms with Gasteiger partial charge in [-0.05, 0) is 48.8 Å². The molecule has 0 radical (unpaired) electrons. The third kappa shape index (κ3) is 5.67. The first-order valence-corrected chi connectivity index (χ1v) is 12.4. The van der Waals surface area contributed by atoms with Crippen LogP contribution in [0.3, 0.4) is 0 Å². The van der Waals surface area contributed by atoms with Gasteiger partial charge in [-0.15, -0.1) is 0 Å². The minimum absolute atomic E-state index is 0.0723. The van der Waals surface area contributed by atoms with Crippen LogP contribution in [0.15, 0.2) is 47.6 Å². The lowest BCUT2D eigenvalue weighted by atomic mass is 10.2. The van der Waals surface area contributed by atoms with Crippen LogP contribution in [0.2, 0.25) is 0 Å². The van der Waals surface area contributed by atoms with Crippen LogP contribution < -0.4 is 9.62 Å². The maximum absolute atomic E-state index is 13.1. The Bertz CT molecular complexity index is 936. The molecule has 1 saturated heterocycles. The molecule has 1 aromatic heterocycles. The number of anilines is 1. The van der Waals surface area contributed by atoms with Crippen LogP contribution in [0.4, 0.5) is 10.3 Å². The van der Waals surface area contributed by atoms with Gasteiger partial charge in [0, 0.05) is 38.6 Å². The van der Waals surface area contributed by atoms with E-state index < -0.39 is 21.9 Å².